The number of benzene rings is 2. The largest absolute Gasteiger partial charge is 0.336 e. The van der Waals surface area contributed by atoms with Crippen molar-refractivity contribution in [3.63, 3.8) is 0 Å². The van der Waals surface area contributed by atoms with E-state index in [-0.39, 0.29) is 17.3 Å². The molecule has 0 atom stereocenters. The van der Waals surface area contributed by atoms with Crippen molar-refractivity contribution in [2.24, 2.45) is 0 Å². The molecule has 2 aromatic carbocycles. The molecule has 1 saturated heterocycles. The van der Waals surface area contributed by atoms with Crippen molar-refractivity contribution in [3.05, 3.63) is 88.1 Å². The zero-order valence-corrected chi connectivity index (χ0v) is 18.0. The van der Waals surface area contributed by atoms with Gasteiger partial charge in [0.2, 0.25) is 4.96 Å². The van der Waals surface area contributed by atoms with Crippen LogP contribution < -0.4 is 5.56 Å². The minimum absolute atomic E-state index is 0.0967. The van der Waals surface area contributed by atoms with Crippen molar-refractivity contribution >= 4 is 22.2 Å². The third-order valence-electron chi connectivity index (χ3n) is 5.46. The van der Waals surface area contributed by atoms with Gasteiger partial charge in [0.1, 0.15) is 10.8 Å². The number of piperazine rings is 1. The van der Waals surface area contributed by atoms with E-state index in [1.807, 2.05) is 30.3 Å². The third kappa shape index (κ3) is 4.17. The smallest absolute Gasteiger partial charge is 0.275 e. The van der Waals surface area contributed by atoms with Crippen LogP contribution in [0.2, 0.25) is 0 Å². The summed E-state index contributed by atoms with van der Waals surface area (Å²) < 4.78 is 14.4. The summed E-state index contributed by atoms with van der Waals surface area (Å²) in [5.74, 6) is -0.455. The van der Waals surface area contributed by atoms with Crippen LogP contribution in [0.1, 0.15) is 16.1 Å². The molecule has 1 fully saturated rings. The number of aromatic nitrogens is 3. The molecule has 0 saturated carbocycles. The quantitative estimate of drug-likeness (QED) is 0.479. The van der Waals surface area contributed by atoms with Gasteiger partial charge in [-0.15, -0.1) is 0 Å². The monoisotopic (exact) mass is 449 g/mol. The molecule has 1 amide bonds. The predicted octanol–water partition coefficient (Wildman–Crippen LogP) is 2.92. The fraction of sp³-hybridized carbons (Fsp3) is 0.217. The van der Waals surface area contributed by atoms with E-state index in [1.165, 1.54) is 46.2 Å². The molecule has 1 aliphatic rings. The summed E-state index contributed by atoms with van der Waals surface area (Å²) in [6.45, 7) is 3.01. The second-order valence-electron chi connectivity index (χ2n) is 7.63. The first-order valence-corrected chi connectivity index (χ1v) is 11.1. The number of amides is 1. The Balaban J connectivity index is 1.27. The Bertz CT molecular complexity index is 1310. The highest BCUT2D eigenvalue weighted by Crippen LogP contribution is 2.24. The van der Waals surface area contributed by atoms with Crippen LogP contribution in [0.15, 0.2) is 65.5 Å². The standard InChI is InChI=1S/C23H20FN5O2S/c24-18-8-6-17(7-9-18)22(31)28-12-10-27(11-13-28)15-19-14-20(30)29-23(25-19)32-21(26-29)16-4-2-1-3-5-16/h1-9,14H,10-13,15H2. The molecule has 0 radical (unpaired) electrons. The van der Waals surface area contributed by atoms with Gasteiger partial charge in [0.15, 0.2) is 0 Å². The normalized spacial score (nSPS) is 14.7. The molecule has 0 spiro atoms. The van der Waals surface area contributed by atoms with Gasteiger partial charge in [0.05, 0.1) is 5.69 Å². The van der Waals surface area contributed by atoms with E-state index in [9.17, 15) is 14.0 Å². The van der Waals surface area contributed by atoms with Crippen molar-refractivity contribution < 1.29 is 9.18 Å². The maximum absolute atomic E-state index is 13.1. The molecule has 0 N–H and O–H groups in total. The first-order valence-electron chi connectivity index (χ1n) is 10.3. The summed E-state index contributed by atoms with van der Waals surface area (Å²) >= 11 is 1.39. The van der Waals surface area contributed by atoms with Crippen molar-refractivity contribution in [2.45, 2.75) is 6.54 Å². The summed E-state index contributed by atoms with van der Waals surface area (Å²) in [7, 11) is 0. The van der Waals surface area contributed by atoms with Gasteiger partial charge in [0.25, 0.3) is 11.5 Å². The first kappa shape index (κ1) is 20.5. The van der Waals surface area contributed by atoms with Crippen LogP contribution in [0.5, 0.6) is 0 Å². The molecular weight excluding hydrogens is 429 g/mol. The maximum Gasteiger partial charge on any atom is 0.275 e. The van der Waals surface area contributed by atoms with Crippen LogP contribution in [0.4, 0.5) is 4.39 Å². The lowest BCUT2D eigenvalue weighted by molar-refractivity contribution is 0.0627. The van der Waals surface area contributed by atoms with Gasteiger partial charge >= 0.3 is 0 Å². The van der Waals surface area contributed by atoms with Crippen LogP contribution in [0.3, 0.4) is 0 Å². The number of hydrogen-bond donors (Lipinski definition) is 0. The number of halogens is 1. The number of rotatable bonds is 4. The van der Waals surface area contributed by atoms with Gasteiger partial charge in [0, 0.05) is 49.9 Å². The van der Waals surface area contributed by atoms with E-state index in [2.05, 4.69) is 15.0 Å². The minimum atomic E-state index is -0.358. The average molecular weight is 450 g/mol. The summed E-state index contributed by atoms with van der Waals surface area (Å²) in [5, 5.41) is 5.16. The minimum Gasteiger partial charge on any atom is -0.336 e. The van der Waals surface area contributed by atoms with Gasteiger partial charge in [-0.25, -0.2) is 9.37 Å². The average Bonchev–Trinajstić information content (AvgIpc) is 3.25. The van der Waals surface area contributed by atoms with Crippen LogP contribution in [-0.4, -0.2) is 56.5 Å². The van der Waals surface area contributed by atoms with Gasteiger partial charge in [-0.1, -0.05) is 41.7 Å². The molecule has 4 aromatic rings. The molecule has 9 heteroatoms. The molecular formula is C23H20FN5O2S. The highest BCUT2D eigenvalue weighted by molar-refractivity contribution is 7.19. The van der Waals surface area contributed by atoms with Crippen LogP contribution in [0, 0.1) is 5.82 Å². The van der Waals surface area contributed by atoms with Crippen LogP contribution in [-0.2, 0) is 6.54 Å². The molecule has 0 aliphatic carbocycles. The molecule has 5 rings (SSSR count). The first-order chi connectivity index (χ1) is 15.6. The highest BCUT2D eigenvalue weighted by atomic mass is 32.1. The van der Waals surface area contributed by atoms with Crippen LogP contribution in [0.25, 0.3) is 15.5 Å². The molecule has 2 aromatic heterocycles. The third-order valence-corrected chi connectivity index (χ3v) is 6.41. The zero-order valence-electron chi connectivity index (χ0n) is 17.1. The van der Waals surface area contributed by atoms with E-state index in [1.54, 1.807) is 4.90 Å². The Morgan fingerprint density at radius 1 is 1.00 bits per heavy atom. The Morgan fingerprint density at radius 3 is 2.44 bits per heavy atom. The van der Waals surface area contributed by atoms with E-state index < -0.39 is 0 Å². The van der Waals surface area contributed by atoms with Crippen molar-refractivity contribution in [3.8, 4) is 10.6 Å². The second-order valence-corrected chi connectivity index (χ2v) is 8.58. The van der Waals surface area contributed by atoms with Crippen molar-refractivity contribution in [2.75, 3.05) is 26.2 Å². The number of carbonyl (C=O) groups excluding carboxylic acids is 1. The van der Waals surface area contributed by atoms with Crippen molar-refractivity contribution in [1.82, 2.24) is 24.4 Å². The lowest BCUT2D eigenvalue weighted by Crippen LogP contribution is -2.48. The maximum atomic E-state index is 13.1. The SMILES string of the molecule is O=C(c1ccc(F)cc1)N1CCN(Cc2cc(=O)n3nc(-c4ccccc4)sc3n2)CC1. The van der Waals surface area contributed by atoms with E-state index in [0.29, 0.717) is 48.9 Å². The van der Waals surface area contributed by atoms with Gasteiger partial charge in [-0.3, -0.25) is 14.5 Å². The van der Waals surface area contributed by atoms with E-state index in [0.717, 1.165) is 10.6 Å². The predicted molar refractivity (Wildman–Crippen MR) is 120 cm³/mol. The number of hydrogen-bond acceptors (Lipinski definition) is 6. The van der Waals surface area contributed by atoms with Crippen molar-refractivity contribution in [1.29, 1.82) is 0 Å². The molecule has 7 nitrogen and oxygen atoms in total. The lowest BCUT2D eigenvalue weighted by Gasteiger charge is -2.34. The van der Waals surface area contributed by atoms with Gasteiger partial charge in [-0.05, 0) is 24.3 Å². The number of fused-ring (bicyclic) bond motifs is 1. The molecule has 1 aliphatic heterocycles. The Morgan fingerprint density at radius 2 is 1.72 bits per heavy atom. The van der Waals surface area contributed by atoms with Crippen LogP contribution >= 0.6 is 11.3 Å². The fourth-order valence-corrected chi connectivity index (χ4v) is 4.68. The Hall–Kier alpha value is -3.43. The Labute approximate surface area is 187 Å². The highest BCUT2D eigenvalue weighted by Gasteiger charge is 2.23. The number of nitrogens with zero attached hydrogens (tertiary/aromatic N) is 5. The molecule has 0 unspecified atom stereocenters. The lowest BCUT2D eigenvalue weighted by atomic mass is 10.1. The van der Waals surface area contributed by atoms with Gasteiger partial charge in [-0.2, -0.15) is 9.61 Å². The Kier molecular flexibility index (Phi) is 5.50. The van der Waals surface area contributed by atoms with Gasteiger partial charge < -0.3 is 4.90 Å². The topological polar surface area (TPSA) is 70.8 Å². The summed E-state index contributed by atoms with van der Waals surface area (Å²) in [6.07, 6.45) is 0. The van der Waals surface area contributed by atoms with E-state index in [4.69, 9.17) is 0 Å². The molecule has 3 heterocycles. The molecule has 0 bridgehead atoms. The summed E-state index contributed by atoms with van der Waals surface area (Å²) in [6, 6.07) is 16.9. The molecule has 32 heavy (non-hydrogen) atoms. The number of carbonyl (C=O) groups is 1. The second kappa shape index (κ2) is 8.60. The summed E-state index contributed by atoms with van der Waals surface area (Å²) in [4.78, 5) is 34.3. The van der Waals surface area contributed by atoms with E-state index >= 15 is 0 Å². The fourth-order valence-electron chi connectivity index (χ4n) is 3.75. The summed E-state index contributed by atoms with van der Waals surface area (Å²) in [5.41, 5.74) is 1.93. The molecule has 162 valence electrons. The zero-order chi connectivity index (χ0) is 22.1.